The quantitative estimate of drug-likeness (QED) is 0.535. The molecule has 0 spiro atoms. The standard InChI is InChI=1S/C11H19NO3/c1-7(2)9-5-4-8(3)6-10(9)11(13)15-12-14/h7-10H,4-6H2,1-3H3. The number of carbonyl (C=O) groups is 1. The van der Waals surface area contributed by atoms with Crippen LogP contribution >= 0.6 is 0 Å². The van der Waals surface area contributed by atoms with E-state index in [0.29, 0.717) is 17.8 Å². The van der Waals surface area contributed by atoms with E-state index in [2.05, 4.69) is 30.9 Å². The first kappa shape index (κ1) is 12.1. The molecular weight excluding hydrogens is 194 g/mol. The summed E-state index contributed by atoms with van der Waals surface area (Å²) in [4.78, 5) is 25.7. The second-order valence-corrected chi connectivity index (χ2v) is 4.92. The molecule has 1 aliphatic rings. The van der Waals surface area contributed by atoms with Crippen LogP contribution in [0.3, 0.4) is 0 Å². The Morgan fingerprint density at radius 2 is 2.07 bits per heavy atom. The summed E-state index contributed by atoms with van der Waals surface area (Å²) in [5, 5.41) is 2.23. The summed E-state index contributed by atoms with van der Waals surface area (Å²) in [6, 6.07) is 0. The zero-order valence-corrected chi connectivity index (χ0v) is 9.60. The summed E-state index contributed by atoms with van der Waals surface area (Å²) in [7, 11) is 0. The molecule has 0 radical (unpaired) electrons. The van der Waals surface area contributed by atoms with Gasteiger partial charge < -0.3 is 0 Å². The van der Waals surface area contributed by atoms with Crippen LogP contribution in [0.15, 0.2) is 5.34 Å². The summed E-state index contributed by atoms with van der Waals surface area (Å²) in [6.45, 7) is 6.34. The SMILES string of the molecule is CC1CCC(C(C)C)C(C(=O)ON=O)C1. The highest BCUT2D eigenvalue weighted by molar-refractivity contribution is 5.72. The van der Waals surface area contributed by atoms with Crippen LogP contribution in [0.4, 0.5) is 0 Å². The van der Waals surface area contributed by atoms with E-state index >= 15 is 0 Å². The zero-order chi connectivity index (χ0) is 11.4. The van der Waals surface area contributed by atoms with E-state index in [9.17, 15) is 9.70 Å². The minimum atomic E-state index is -0.449. The molecule has 86 valence electrons. The highest BCUT2D eigenvalue weighted by Gasteiger charge is 2.36. The number of hydrogen-bond acceptors (Lipinski definition) is 4. The van der Waals surface area contributed by atoms with Crippen LogP contribution < -0.4 is 0 Å². The highest BCUT2D eigenvalue weighted by atomic mass is 16.7. The molecule has 0 aromatic carbocycles. The van der Waals surface area contributed by atoms with Crippen molar-refractivity contribution in [2.75, 3.05) is 0 Å². The van der Waals surface area contributed by atoms with Crippen LogP contribution in [0, 0.1) is 28.6 Å². The van der Waals surface area contributed by atoms with Crippen LogP contribution in [0.25, 0.3) is 0 Å². The number of hydrogen-bond donors (Lipinski definition) is 0. The predicted molar refractivity (Wildman–Crippen MR) is 56.7 cm³/mol. The molecule has 0 saturated heterocycles. The Morgan fingerprint density at radius 3 is 2.60 bits per heavy atom. The van der Waals surface area contributed by atoms with E-state index in [1.165, 1.54) is 0 Å². The zero-order valence-electron chi connectivity index (χ0n) is 9.60. The normalized spacial score (nSPS) is 31.3. The lowest BCUT2D eigenvalue weighted by molar-refractivity contribution is -0.153. The molecule has 0 heterocycles. The summed E-state index contributed by atoms with van der Waals surface area (Å²) in [6.07, 6.45) is 3.01. The summed E-state index contributed by atoms with van der Waals surface area (Å²) < 4.78 is 0. The minimum absolute atomic E-state index is 0.147. The van der Waals surface area contributed by atoms with Gasteiger partial charge in [0.15, 0.2) is 5.34 Å². The van der Waals surface area contributed by atoms with E-state index in [4.69, 9.17) is 0 Å². The van der Waals surface area contributed by atoms with Crippen LogP contribution in [0.1, 0.15) is 40.0 Å². The van der Waals surface area contributed by atoms with Crippen molar-refractivity contribution >= 4 is 5.97 Å². The third-order valence-corrected chi connectivity index (χ3v) is 3.45. The first-order valence-electron chi connectivity index (χ1n) is 5.59. The largest absolute Gasteiger partial charge is 0.341 e. The van der Waals surface area contributed by atoms with Gasteiger partial charge in [-0.15, -0.1) is 4.91 Å². The third kappa shape index (κ3) is 3.01. The molecule has 1 aliphatic carbocycles. The Bertz CT molecular complexity index is 240. The lowest BCUT2D eigenvalue weighted by atomic mass is 9.70. The van der Waals surface area contributed by atoms with Crippen molar-refractivity contribution < 1.29 is 9.63 Å². The van der Waals surface area contributed by atoms with Gasteiger partial charge in [0.1, 0.15) is 0 Å². The minimum Gasteiger partial charge on any atom is -0.284 e. The fourth-order valence-corrected chi connectivity index (χ4v) is 2.58. The molecule has 4 heteroatoms. The lowest BCUT2D eigenvalue weighted by Crippen LogP contribution is -2.33. The fourth-order valence-electron chi connectivity index (χ4n) is 2.58. The molecule has 0 aromatic rings. The second-order valence-electron chi connectivity index (χ2n) is 4.92. The maximum atomic E-state index is 11.5. The van der Waals surface area contributed by atoms with E-state index in [1.54, 1.807) is 0 Å². The van der Waals surface area contributed by atoms with Crippen molar-refractivity contribution in [2.24, 2.45) is 29.0 Å². The highest BCUT2D eigenvalue weighted by Crippen LogP contribution is 2.38. The molecule has 1 saturated carbocycles. The molecule has 1 rings (SSSR count). The number of rotatable bonds is 3. The Morgan fingerprint density at radius 1 is 1.40 bits per heavy atom. The second kappa shape index (κ2) is 5.24. The fraction of sp³-hybridized carbons (Fsp3) is 0.909. The predicted octanol–water partition coefficient (Wildman–Crippen LogP) is 2.92. The summed E-state index contributed by atoms with van der Waals surface area (Å²) in [5.74, 6) is 0.711. The van der Waals surface area contributed by atoms with Gasteiger partial charge in [-0.2, -0.15) is 0 Å². The molecule has 3 atom stereocenters. The summed E-state index contributed by atoms with van der Waals surface area (Å²) >= 11 is 0. The van der Waals surface area contributed by atoms with Gasteiger partial charge in [0.05, 0.1) is 5.92 Å². The molecule has 15 heavy (non-hydrogen) atoms. The molecule has 3 unspecified atom stereocenters. The van der Waals surface area contributed by atoms with E-state index in [-0.39, 0.29) is 5.92 Å². The molecule has 0 aromatic heterocycles. The molecular formula is C11H19NO3. The van der Waals surface area contributed by atoms with Gasteiger partial charge >= 0.3 is 5.97 Å². The van der Waals surface area contributed by atoms with Crippen LogP contribution in [0.5, 0.6) is 0 Å². The van der Waals surface area contributed by atoms with Crippen molar-refractivity contribution in [2.45, 2.75) is 40.0 Å². The van der Waals surface area contributed by atoms with Gasteiger partial charge in [-0.05, 0) is 30.6 Å². The van der Waals surface area contributed by atoms with E-state index < -0.39 is 5.97 Å². The van der Waals surface area contributed by atoms with Crippen molar-refractivity contribution in [3.05, 3.63) is 4.91 Å². The number of nitrogens with zero attached hydrogens (tertiary/aromatic N) is 1. The molecule has 0 bridgehead atoms. The first-order valence-corrected chi connectivity index (χ1v) is 5.59. The molecule has 4 nitrogen and oxygen atoms in total. The molecule has 1 fully saturated rings. The van der Waals surface area contributed by atoms with Gasteiger partial charge in [-0.25, -0.2) is 4.79 Å². The maximum Gasteiger partial charge on any atom is 0.341 e. The topological polar surface area (TPSA) is 55.7 Å². The third-order valence-electron chi connectivity index (χ3n) is 3.45. The average molecular weight is 213 g/mol. The van der Waals surface area contributed by atoms with Gasteiger partial charge in [-0.3, -0.25) is 4.84 Å². The van der Waals surface area contributed by atoms with Crippen LogP contribution in [-0.2, 0) is 9.63 Å². The Kier molecular flexibility index (Phi) is 4.24. The van der Waals surface area contributed by atoms with Crippen molar-refractivity contribution in [3.8, 4) is 0 Å². The van der Waals surface area contributed by atoms with E-state index in [0.717, 1.165) is 19.3 Å². The van der Waals surface area contributed by atoms with Crippen molar-refractivity contribution in [1.29, 1.82) is 0 Å². The maximum absolute atomic E-state index is 11.5. The van der Waals surface area contributed by atoms with Crippen molar-refractivity contribution in [3.63, 3.8) is 0 Å². The summed E-state index contributed by atoms with van der Waals surface area (Å²) in [5.41, 5.74) is 0. The molecule has 0 aliphatic heterocycles. The van der Waals surface area contributed by atoms with Gasteiger partial charge in [0, 0.05) is 0 Å². The van der Waals surface area contributed by atoms with Gasteiger partial charge in [-0.1, -0.05) is 27.2 Å². The molecule has 0 amide bonds. The lowest BCUT2D eigenvalue weighted by Gasteiger charge is -2.34. The molecule has 0 N–H and O–H groups in total. The van der Waals surface area contributed by atoms with Crippen LogP contribution in [-0.4, -0.2) is 5.97 Å². The van der Waals surface area contributed by atoms with E-state index in [1.807, 2.05) is 0 Å². The van der Waals surface area contributed by atoms with Crippen LogP contribution in [0.2, 0.25) is 0 Å². The smallest absolute Gasteiger partial charge is 0.284 e. The monoisotopic (exact) mass is 213 g/mol. The Labute approximate surface area is 90.3 Å². The van der Waals surface area contributed by atoms with Gasteiger partial charge in [0.2, 0.25) is 0 Å². The first-order chi connectivity index (χ1) is 7.06. The Balaban J connectivity index is 2.69. The Hall–Kier alpha value is -0.930. The van der Waals surface area contributed by atoms with Gasteiger partial charge in [0.25, 0.3) is 0 Å². The van der Waals surface area contributed by atoms with Crippen molar-refractivity contribution in [1.82, 2.24) is 0 Å². The average Bonchev–Trinajstić information content (AvgIpc) is 2.17. The number of carbonyl (C=O) groups excluding carboxylic acids is 1.